The smallest absolute Gasteiger partial charge is 0.137 e. The van der Waals surface area contributed by atoms with Crippen molar-refractivity contribution >= 4 is 5.78 Å². The van der Waals surface area contributed by atoms with Crippen LogP contribution in [0.4, 0.5) is 0 Å². The summed E-state index contributed by atoms with van der Waals surface area (Å²) in [5.41, 5.74) is 0.337. The summed E-state index contributed by atoms with van der Waals surface area (Å²) in [5.74, 6) is 0.702. The highest BCUT2D eigenvalue weighted by atomic mass is 16.5. The molecule has 0 radical (unpaired) electrons. The minimum absolute atomic E-state index is 0.236. The number of likely N-dealkylation sites (N-methyl/N-ethyl adjacent to an activating group) is 1. The lowest BCUT2D eigenvalue weighted by molar-refractivity contribution is -0.127. The third-order valence-corrected chi connectivity index (χ3v) is 4.37. The van der Waals surface area contributed by atoms with Gasteiger partial charge in [-0.15, -0.1) is 0 Å². The second-order valence-electron chi connectivity index (χ2n) is 6.89. The van der Waals surface area contributed by atoms with Gasteiger partial charge in [0.15, 0.2) is 0 Å². The van der Waals surface area contributed by atoms with E-state index in [9.17, 15) is 4.79 Å². The fourth-order valence-corrected chi connectivity index (χ4v) is 3.30. The predicted octanol–water partition coefficient (Wildman–Crippen LogP) is 2.49. The zero-order chi connectivity index (χ0) is 13.2. The van der Waals surface area contributed by atoms with Crippen LogP contribution in [0, 0.1) is 11.3 Å². The number of carbonyl (C=O) groups is 1. The van der Waals surface area contributed by atoms with E-state index in [0.717, 1.165) is 39.0 Å². The Morgan fingerprint density at radius 2 is 2.17 bits per heavy atom. The van der Waals surface area contributed by atoms with Crippen molar-refractivity contribution in [2.24, 2.45) is 11.3 Å². The maximum Gasteiger partial charge on any atom is 0.137 e. The maximum absolute atomic E-state index is 12.0. The summed E-state index contributed by atoms with van der Waals surface area (Å²) >= 11 is 0. The van der Waals surface area contributed by atoms with E-state index in [4.69, 9.17) is 4.74 Å². The van der Waals surface area contributed by atoms with E-state index in [2.05, 4.69) is 25.8 Å². The molecule has 3 nitrogen and oxygen atoms in total. The van der Waals surface area contributed by atoms with Crippen LogP contribution in [0.5, 0.6) is 0 Å². The van der Waals surface area contributed by atoms with Gasteiger partial charge in [-0.05, 0) is 38.1 Å². The fourth-order valence-electron chi connectivity index (χ4n) is 3.30. The minimum Gasteiger partial charge on any atom is -0.377 e. The van der Waals surface area contributed by atoms with Gasteiger partial charge in [0.25, 0.3) is 0 Å². The number of ether oxygens (including phenoxy) is 1. The van der Waals surface area contributed by atoms with Gasteiger partial charge in [-0.3, -0.25) is 4.79 Å². The van der Waals surface area contributed by atoms with Gasteiger partial charge in [-0.1, -0.05) is 13.8 Å². The molecule has 0 spiro atoms. The van der Waals surface area contributed by atoms with Crippen molar-refractivity contribution in [2.45, 2.75) is 52.1 Å². The van der Waals surface area contributed by atoms with Crippen molar-refractivity contribution in [1.29, 1.82) is 0 Å². The molecule has 2 fully saturated rings. The van der Waals surface area contributed by atoms with Gasteiger partial charge < -0.3 is 9.64 Å². The van der Waals surface area contributed by atoms with E-state index in [0.29, 0.717) is 17.3 Å². The first kappa shape index (κ1) is 14.0. The Labute approximate surface area is 111 Å². The predicted molar refractivity (Wildman–Crippen MR) is 72.6 cm³/mol. The summed E-state index contributed by atoms with van der Waals surface area (Å²) in [7, 11) is 2.12. The van der Waals surface area contributed by atoms with E-state index in [1.54, 1.807) is 0 Å². The molecule has 1 heterocycles. The van der Waals surface area contributed by atoms with Crippen LogP contribution >= 0.6 is 0 Å². The standard InChI is InChI=1S/C15H27NO2/c1-15(2)7-6-14(17)12(9-15)10-16(3)11-13-5-4-8-18-13/h12-13H,4-11H2,1-3H3. The molecule has 2 atom stereocenters. The molecular weight excluding hydrogens is 226 g/mol. The number of hydrogen-bond donors (Lipinski definition) is 0. The average Bonchev–Trinajstić information content (AvgIpc) is 2.76. The molecule has 0 N–H and O–H groups in total. The Hall–Kier alpha value is -0.410. The summed E-state index contributed by atoms with van der Waals surface area (Å²) < 4.78 is 5.65. The number of Topliss-reactive ketones (excluding diaryl/α,β-unsaturated/α-hetero) is 1. The second kappa shape index (κ2) is 5.70. The van der Waals surface area contributed by atoms with Gasteiger partial charge in [0.05, 0.1) is 6.10 Å². The van der Waals surface area contributed by atoms with Gasteiger partial charge in [-0.2, -0.15) is 0 Å². The molecule has 1 aliphatic carbocycles. The SMILES string of the molecule is CN(CC1CCCO1)CC1CC(C)(C)CCC1=O. The van der Waals surface area contributed by atoms with Gasteiger partial charge in [0.1, 0.15) is 5.78 Å². The van der Waals surface area contributed by atoms with E-state index >= 15 is 0 Å². The van der Waals surface area contributed by atoms with Crippen molar-refractivity contribution in [1.82, 2.24) is 4.90 Å². The number of ketones is 1. The number of carbonyl (C=O) groups excluding carboxylic acids is 1. The van der Waals surface area contributed by atoms with E-state index in [1.807, 2.05) is 0 Å². The summed E-state index contributed by atoms with van der Waals surface area (Å²) in [4.78, 5) is 14.3. The van der Waals surface area contributed by atoms with Crippen molar-refractivity contribution < 1.29 is 9.53 Å². The van der Waals surface area contributed by atoms with Crippen LogP contribution in [0.2, 0.25) is 0 Å². The fraction of sp³-hybridized carbons (Fsp3) is 0.933. The van der Waals surface area contributed by atoms with Crippen LogP contribution in [-0.4, -0.2) is 43.5 Å². The number of nitrogens with zero attached hydrogens (tertiary/aromatic N) is 1. The second-order valence-corrected chi connectivity index (χ2v) is 6.89. The number of hydrogen-bond acceptors (Lipinski definition) is 3. The lowest BCUT2D eigenvalue weighted by Gasteiger charge is -2.36. The van der Waals surface area contributed by atoms with Crippen LogP contribution in [0.3, 0.4) is 0 Å². The molecule has 0 aromatic carbocycles. The molecule has 0 aromatic heterocycles. The Morgan fingerprint density at radius 1 is 1.39 bits per heavy atom. The van der Waals surface area contributed by atoms with Crippen LogP contribution in [0.1, 0.15) is 46.0 Å². The van der Waals surface area contributed by atoms with Crippen LogP contribution in [0.25, 0.3) is 0 Å². The first-order valence-corrected chi connectivity index (χ1v) is 7.29. The Kier molecular flexibility index (Phi) is 4.44. The summed E-state index contributed by atoms with van der Waals surface area (Å²) in [6.07, 6.45) is 5.62. The molecule has 2 unspecified atom stereocenters. The highest BCUT2D eigenvalue weighted by Gasteiger charge is 2.34. The first-order valence-electron chi connectivity index (χ1n) is 7.29. The van der Waals surface area contributed by atoms with Crippen LogP contribution in [0.15, 0.2) is 0 Å². The molecule has 0 aromatic rings. The average molecular weight is 253 g/mol. The van der Waals surface area contributed by atoms with Crippen molar-refractivity contribution in [3.63, 3.8) is 0 Å². The monoisotopic (exact) mass is 253 g/mol. The Balaban J connectivity index is 1.81. The summed E-state index contributed by atoms with van der Waals surface area (Å²) in [5, 5.41) is 0. The highest BCUT2D eigenvalue weighted by molar-refractivity contribution is 5.82. The van der Waals surface area contributed by atoms with E-state index in [1.165, 1.54) is 12.8 Å². The lowest BCUT2D eigenvalue weighted by atomic mass is 9.71. The zero-order valence-corrected chi connectivity index (χ0v) is 12.1. The van der Waals surface area contributed by atoms with E-state index < -0.39 is 0 Å². The van der Waals surface area contributed by atoms with Crippen molar-refractivity contribution in [2.75, 3.05) is 26.7 Å². The molecular formula is C15H27NO2. The molecule has 18 heavy (non-hydrogen) atoms. The molecule has 2 aliphatic rings. The molecule has 1 saturated heterocycles. The topological polar surface area (TPSA) is 29.5 Å². The molecule has 3 heteroatoms. The van der Waals surface area contributed by atoms with Crippen molar-refractivity contribution in [3.05, 3.63) is 0 Å². The van der Waals surface area contributed by atoms with Gasteiger partial charge >= 0.3 is 0 Å². The van der Waals surface area contributed by atoms with Gasteiger partial charge in [0.2, 0.25) is 0 Å². The molecule has 0 amide bonds. The third-order valence-electron chi connectivity index (χ3n) is 4.37. The van der Waals surface area contributed by atoms with Gasteiger partial charge in [-0.25, -0.2) is 0 Å². The first-order chi connectivity index (χ1) is 8.46. The third kappa shape index (κ3) is 3.79. The van der Waals surface area contributed by atoms with Crippen LogP contribution < -0.4 is 0 Å². The lowest BCUT2D eigenvalue weighted by Crippen LogP contribution is -2.39. The molecule has 0 bridgehead atoms. The Bertz CT molecular complexity index is 295. The quantitative estimate of drug-likeness (QED) is 0.771. The largest absolute Gasteiger partial charge is 0.377 e. The van der Waals surface area contributed by atoms with Crippen LogP contribution in [-0.2, 0) is 9.53 Å². The zero-order valence-electron chi connectivity index (χ0n) is 12.1. The normalized spacial score (nSPS) is 32.1. The van der Waals surface area contributed by atoms with Gasteiger partial charge in [0, 0.05) is 32.0 Å². The highest BCUT2D eigenvalue weighted by Crippen LogP contribution is 2.37. The Morgan fingerprint density at radius 3 is 2.83 bits per heavy atom. The molecule has 1 saturated carbocycles. The minimum atomic E-state index is 0.236. The summed E-state index contributed by atoms with van der Waals surface area (Å²) in [6.45, 7) is 7.36. The molecule has 2 rings (SSSR count). The number of rotatable bonds is 4. The molecule has 104 valence electrons. The van der Waals surface area contributed by atoms with E-state index in [-0.39, 0.29) is 5.92 Å². The molecule has 1 aliphatic heterocycles. The summed E-state index contributed by atoms with van der Waals surface area (Å²) in [6, 6.07) is 0. The van der Waals surface area contributed by atoms with Crippen molar-refractivity contribution in [3.8, 4) is 0 Å². The maximum atomic E-state index is 12.0.